The zero-order valence-corrected chi connectivity index (χ0v) is 26.1. The minimum absolute atomic E-state index is 0.483. The molecule has 10 aromatic rings. The number of nitrogens with zero attached hydrogens (tertiary/aromatic N) is 4. The molecule has 0 amide bonds. The van der Waals surface area contributed by atoms with E-state index in [0.717, 1.165) is 82.5 Å². The predicted molar refractivity (Wildman–Crippen MR) is 197 cm³/mol. The number of hydrogen-bond donors (Lipinski definition) is 0. The van der Waals surface area contributed by atoms with Crippen LogP contribution in [-0.4, -0.2) is 9.13 Å². The number of benzene rings is 7. The Morgan fingerprint density at radius 1 is 0.408 bits per heavy atom. The van der Waals surface area contributed by atoms with Gasteiger partial charge in [0.15, 0.2) is 0 Å². The third-order valence-electron chi connectivity index (χ3n) is 9.81. The van der Waals surface area contributed by atoms with Gasteiger partial charge >= 0.3 is 0 Å². The zero-order valence-electron chi connectivity index (χ0n) is 26.1. The van der Waals surface area contributed by atoms with Gasteiger partial charge in [-0.15, -0.1) is 0 Å². The van der Waals surface area contributed by atoms with E-state index in [1.165, 1.54) is 0 Å². The Morgan fingerprint density at radius 2 is 0.898 bits per heavy atom. The molecule has 3 heterocycles. The predicted octanol–water partition coefficient (Wildman–Crippen LogP) is 11.2. The first-order chi connectivity index (χ1) is 24.2. The van der Waals surface area contributed by atoms with Gasteiger partial charge in [-0.05, 0) is 78.4 Å². The second-order valence-corrected chi connectivity index (χ2v) is 12.3. The average Bonchev–Trinajstić information content (AvgIpc) is 3.82. The summed E-state index contributed by atoms with van der Waals surface area (Å²) in [6, 6.07) is 54.1. The van der Waals surface area contributed by atoms with Gasteiger partial charge in [0.2, 0.25) is 0 Å². The summed E-state index contributed by atoms with van der Waals surface area (Å²) in [5.41, 5.74) is 10.7. The molecular formula is C44H24N4O. The molecule has 0 bridgehead atoms. The number of fused-ring (bicyclic) bond motifs is 11. The van der Waals surface area contributed by atoms with Crippen LogP contribution in [0.5, 0.6) is 0 Å². The van der Waals surface area contributed by atoms with Gasteiger partial charge in [0.05, 0.1) is 56.1 Å². The Bertz CT molecular complexity index is 3020. The van der Waals surface area contributed by atoms with E-state index in [9.17, 15) is 10.5 Å². The molecule has 0 saturated carbocycles. The van der Waals surface area contributed by atoms with Crippen LogP contribution in [0, 0.1) is 22.7 Å². The monoisotopic (exact) mass is 624 g/mol. The Labute approximate surface area is 280 Å². The molecule has 7 aromatic carbocycles. The summed E-state index contributed by atoms with van der Waals surface area (Å²) in [4.78, 5) is 0. The van der Waals surface area contributed by atoms with Crippen molar-refractivity contribution in [2.24, 2.45) is 0 Å². The van der Waals surface area contributed by atoms with Gasteiger partial charge in [-0.3, -0.25) is 0 Å². The number of furan rings is 1. The SMILES string of the molecule is N#Cc1cccc(C#N)c1-c1ccc(-n2c3ccccc3c3c4oc5c(ccc6c5c5ccccc5n6-c5ccccc5)c4ccc32)cc1. The molecule has 0 unspecified atom stereocenters. The van der Waals surface area contributed by atoms with E-state index in [-0.39, 0.29) is 0 Å². The highest BCUT2D eigenvalue weighted by atomic mass is 16.3. The van der Waals surface area contributed by atoms with Crippen molar-refractivity contribution < 1.29 is 4.42 Å². The van der Waals surface area contributed by atoms with Crippen molar-refractivity contribution in [3.8, 4) is 34.6 Å². The van der Waals surface area contributed by atoms with Gasteiger partial charge in [-0.1, -0.05) is 72.8 Å². The van der Waals surface area contributed by atoms with Crippen LogP contribution in [0.25, 0.3) is 88.1 Å². The molecule has 5 nitrogen and oxygen atoms in total. The van der Waals surface area contributed by atoms with E-state index in [4.69, 9.17) is 4.42 Å². The number of para-hydroxylation sites is 3. The summed E-state index contributed by atoms with van der Waals surface area (Å²) in [7, 11) is 0. The lowest BCUT2D eigenvalue weighted by atomic mass is 9.95. The summed E-state index contributed by atoms with van der Waals surface area (Å²) in [5.74, 6) is 0. The fourth-order valence-electron chi connectivity index (χ4n) is 7.76. The van der Waals surface area contributed by atoms with Gasteiger partial charge in [-0.25, -0.2) is 0 Å². The maximum atomic E-state index is 9.77. The molecule has 3 aromatic heterocycles. The standard InChI is InChI=1S/C44H24N4O/c45-25-28-9-8-10-29(26-46)40(28)27-17-19-31(20-18-27)48-37-16-7-5-14-35(37)42-39(48)24-22-33-32-21-23-38-41(43(32)49-44(33)42)34-13-4-6-15-36(34)47(38)30-11-2-1-3-12-30/h1-24H. The van der Waals surface area contributed by atoms with Crippen molar-refractivity contribution in [2.75, 3.05) is 0 Å². The highest BCUT2D eigenvalue weighted by Gasteiger charge is 2.22. The fraction of sp³-hybridized carbons (Fsp3) is 0. The second kappa shape index (κ2) is 10.2. The molecule has 0 aliphatic rings. The van der Waals surface area contributed by atoms with Crippen molar-refractivity contribution in [1.29, 1.82) is 10.5 Å². The van der Waals surface area contributed by atoms with Crippen LogP contribution in [0.4, 0.5) is 0 Å². The van der Waals surface area contributed by atoms with E-state index in [2.05, 4.69) is 130 Å². The van der Waals surface area contributed by atoms with Crippen LogP contribution in [0.2, 0.25) is 0 Å². The third kappa shape index (κ3) is 3.73. The molecule has 49 heavy (non-hydrogen) atoms. The quantitative estimate of drug-likeness (QED) is 0.196. The average molecular weight is 625 g/mol. The molecule has 0 N–H and O–H groups in total. The minimum atomic E-state index is 0.483. The molecule has 0 aliphatic heterocycles. The molecule has 5 heteroatoms. The van der Waals surface area contributed by atoms with Gasteiger partial charge < -0.3 is 13.6 Å². The van der Waals surface area contributed by atoms with Gasteiger partial charge in [-0.2, -0.15) is 10.5 Å². The smallest absolute Gasteiger partial charge is 0.145 e. The van der Waals surface area contributed by atoms with Crippen molar-refractivity contribution in [3.63, 3.8) is 0 Å². The normalized spacial score (nSPS) is 11.6. The van der Waals surface area contributed by atoms with Crippen LogP contribution in [0.1, 0.15) is 11.1 Å². The van der Waals surface area contributed by atoms with Crippen LogP contribution >= 0.6 is 0 Å². The molecule has 0 atom stereocenters. The lowest BCUT2D eigenvalue weighted by Gasteiger charge is -2.11. The topological polar surface area (TPSA) is 70.6 Å². The molecule has 0 spiro atoms. The van der Waals surface area contributed by atoms with Gasteiger partial charge in [0, 0.05) is 38.5 Å². The lowest BCUT2D eigenvalue weighted by Crippen LogP contribution is -1.95. The van der Waals surface area contributed by atoms with E-state index in [1.807, 2.05) is 18.2 Å². The number of rotatable bonds is 3. The van der Waals surface area contributed by atoms with Crippen LogP contribution in [0.15, 0.2) is 150 Å². The summed E-state index contributed by atoms with van der Waals surface area (Å²) < 4.78 is 11.6. The van der Waals surface area contributed by atoms with Gasteiger partial charge in [0.25, 0.3) is 0 Å². The Kier molecular flexibility index (Phi) is 5.64. The van der Waals surface area contributed by atoms with E-state index >= 15 is 0 Å². The zero-order chi connectivity index (χ0) is 32.6. The van der Waals surface area contributed by atoms with Crippen molar-refractivity contribution in [2.45, 2.75) is 0 Å². The number of aromatic nitrogens is 2. The maximum absolute atomic E-state index is 9.77. The largest absolute Gasteiger partial charge is 0.455 e. The van der Waals surface area contributed by atoms with Crippen LogP contribution in [-0.2, 0) is 0 Å². The number of nitriles is 2. The van der Waals surface area contributed by atoms with Crippen LogP contribution in [0.3, 0.4) is 0 Å². The first-order valence-electron chi connectivity index (χ1n) is 16.1. The minimum Gasteiger partial charge on any atom is -0.455 e. The molecule has 0 saturated heterocycles. The third-order valence-corrected chi connectivity index (χ3v) is 9.81. The summed E-state index contributed by atoms with van der Waals surface area (Å²) in [5, 5.41) is 26.1. The Balaban J connectivity index is 1.24. The van der Waals surface area contributed by atoms with Gasteiger partial charge in [0.1, 0.15) is 11.2 Å². The van der Waals surface area contributed by atoms with Crippen molar-refractivity contribution in [3.05, 3.63) is 157 Å². The summed E-state index contributed by atoms with van der Waals surface area (Å²) in [6.45, 7) is 0. The van der Waals surface area contributed by atoms with Crippen molar-refractivity contribution >= 4 is 65.6 Å². The molecule has 0 aliphatic carbocycles. The van der Waals surface area contributed by atoms with E-state index in [1.54, 1.807) is 18.2 Å². The molecule has 0 fully saturated rings. The highest BCUT2D eigenvalue weighted by molar-refractivity contribution is 6.29. The Hall–Kier alpha value is -7.08. The first kappa shape index (κ1) is 27.1. The lowest BCUT2D eigenvalue weighted by molar-refractivity contribution is 0.677. The van der Waals surface area contributed by atoms with E-state index < -0.39 is 0 Å². The molecule has 226 valence electrons. The second-order valence-electron chi connectivity index (χ2n) is 12.3. The first-order valence-corrected chi connectivity index (χ1v) is 16.1. The van der Waals surface area contributed by atoms with E-state index in [0.29, 0.717) is 16.7 Å². The molecule has 0 radical (unpaired) electrons. The Morgan fingerprint density at radius 3 is 1.43 bits per heavy atom. The highest BCUT2D eigenvalue weighted by Crippen LogP contribution is 2.44. The summed E-state index contributed by atoms with van der Waals surface area (Å²) in [6.07, 6.45) is 0. The molecular weight excluding hydrogens is 601 g/mol. The summed E-state index contributed by atoms with van der Waals surface area (Å²) >= 11 is 0. The van der Waals surface area contributed by atoms with Crippen molar-refractivity contribution in [1.82, 2.24) is 9.13 Å². The maximum Gasteiger partial charge on any atom is 0.145 e. The number of hydrogen-bond acceptors (Lipinski definition) is 3. The fourth-order valence-corrected chi connectivity index (χ4v) is 7.76. The molecule has 10 rings (SSSR count). The van der Waals surface area contributed by atoms with Crippen LogP contribution < -0.4 is 0 Å².